The summed E-state index contributed by atoms with van der Waals surface area (Å²) in [5.74, 6) is 6.26. The Bertz CT molecular complexity index is 426. The maximum atomic E-state index is 9.68. The smallest absolute Gasteiger partial charge is 0.115 e. The van der Waals surface area contributed by atoms with Gasteiger partial charge in [0, 0.05) is 11.3 Å². The van der Waals surface area contributed by atoms with Crippen molar-refractivity contribution in [2.24, 2.45) is 5.92 Å². The first-order chi connectivity index (χ1) is 8.02. The summed E-state index contributed by atoms with van der Waals surface area (Å²) in [6, 6.07) is 5.87. The summed E-state index contributed by atoms with van der Waals surface area (Å²) in [6.07, 6.45) is 1.09. The van der Waals surface area contributed by atoms with Gasteiger partial charge in [-0.3, -0.25) is 0 Å². The molecule has 17 heavy (non-hydrogen) atoms. The van der Waals surface area contributed by atoms with Gasteiger partial charge in [-0.05, 0) is 36.5 Å². The summed E-state index contributed by atoms with van der Waals surface area (Å²) in [4.78, 5) is 0. The second kappa shape index (κ2) is 6.32. The van der Waals surface area contributed by atoms with Crippen LogP contribution in [0.5, 0.6) is 0 Å². The van der Waals surface area contributed by atoms with Gasteiger partial charge >= 0.3 is 0 Å². The normalized spacial score (nSPS) is 12.1. The molecule has 0 aliphatic carbocycles. The van der Waals surface area contributed by atoms with E-state index in [0.717, 1.165) is 12.0 Å². The average Bonchev–Trinajstić information content (AvgIpc) is 2.27. The quantitative estimate of drug-likeness (QED) is 0.620. The van der Waals surface area contributed by atoms with E-state index in [1.807, 2.05) is 18.2 Å². The third-order valence-corrected chi connectivity index (χ3v) is 2.59. The van der Waals surface area contributed by atoms with Crippen molar-refractivity contribution in [2.75, 3.05) is 5.73 Å². The highest BCUT2D eigenvalue weighted by Gasteiger charge is 2.03. The first-order valence-corrected chi connectivity index (χ1v) is 6.11. The van der Waals surface area contributed by atoms with E-state index in [-0.39, 0.29) is 0 Å². The molecule has 2 nitrogen and oxygen atoms in total. The van der Waals surface area contributed by atoms with Crippen LogP contribution in [0.4, 0.5) is 5.69 Å². The van der Waals surface area contributed by atoms with Gasteiger partial charge in [0.25, 0.3) is 0 Å². The summed E-state index contributed by atoms with van der Waals surface area (Å²) in [5.41, 5.74) is 8.54. The lowest BCUT2D eigenvalue weighted by Crippen LogP contribution is -2.06. The number of aliphatic hydroxyl groups is 1. The summed E-state index contributed by atoms with van der Waals surface area (Å²) < 4.78 is 0. The maximum absolute atomic E-state index is 9.68. The van der Waals surface area contributed by atoms with Crippen LogP contribution in [0, 0.1) is 17.8 Å². The zero-order valence-corrected chi connectivity index (χ0v) is 10.8. The fourth-order valence-corrected chi connectivity index (χ4v) is 1.60. The van der Waals surface area contributed by atoms with Crippen LogP contribution < -0.4 is 5.73 Å². The first kappa shape index (κ1) is 13.6. The summed E-state index contributed by atoms with van der Waals surface area (Å²) in [7, 11) is 0. The van der Waals surface area contributed by atoms with Crippen molar-refractivity contribution in [1.29, 1.82) is 0 Å². The summed E-state index contributed by atoms with van der Waals surface area (Å²) in [6.45, 7) is 6.23. The summed E-state index contributed by atoms with van der Waals surface area (Å²) in [5, 5.41) is 9.68. The minimum atomic E-state index is -0.570. The maximum Gasteiger partial charge on any atom is 0.115 e. The van der Waals surface area contributed by atoms with Gasteiger partial charge < -0.3 is 10.8 Å². The number of hydrogen-bond acceptors (Lipinski definition) is 2. The number of rotatable bonds is 3. The van der Waals surface area contributed by atoms with Crippen LogP contribution in [-0.2, 0) is 6.42 Å². The lowest BCUT2D eigenvalue weighted by atomic mass is 10.0. The zero-order valence-electron chi connectivity index (χ0n) is 10.8. The molecule has 0 radical (unpaired) electrons. The first-order valence-electron chi connectivity index (χ1n) is 6.11. The Morgan fingerprint density at radius 2 is 2.06 bits per heavy atom. The van der Waals surface area contributed by atoms with Crippen molar-refractivity contribution in [2.45, 2.75) is 39.7 Å². The molecule has 1 aromatic carbocycles. The molecule has 1 rings (SSSR count). The monoisotopic (exact) mass is 231 g/mol. The molecule has 92 valence electrons. The standard InChI is InChI=1S/C15H21NO/c1-4-12-5-8-15(16)13(10-12)6-7-14(17)9-11(2)3/h5,8,10-11,14,17H,4,9,16H2,1-3H3. The van der Waals surface area contributed by atoms with Crippen LogP contribution in [0.2, 0.25) is 0 Å². The Morgan fingerprint density at radius 1 is 1.35 bits per heavy atom. The molecule has 1 aromatic rings. The zero-order chi connectivity index (χ0) is 12.8. The largest absolute Gasteiger partial charge is 0.398 e. The van der Waals surface area contributed by atoms with Crippen LogP contribution in [0.1, 0.15) is 38.3 Å². The Balaban J connectivity index is 2.83. The molecular formula is C15H21NO. The number of aryl methyl sites for hydroxylation is 1. The SMILES string of the molecule is CCc1ccc(N)c(C#CC(O)CC(C)C)c1. The van der Waals surface area contributed by atoms with E-state index in [9.17, 15) is 5.11 Å². The molecule has 1 unspecified atom stereocenters. The third kappa shape index (κ3) is 4.50. The van der Waals surface area contributed by atoms with E-state index in [1.165, 1.54) is 5.56 Å². The second-order valence-electron chi connectivity index (χ2n) is 4.69. The van der Waals surface area contributed by atoms with Crippen LogP contribution in [0.3, 0.4) is 0 Å². The predicted molar refractivity (Wildman–Crippen MR) is 72.6 cm³/mol. The van der Waals surface area contributed by atoms with Crippen molar-refractivity contribution >= 4 is 5.69 Å². The number of nitrogens with two attached hydrogens (primary N) is 1. The Kier molecular flexibility index (Phi) is 5.06. The van der Waals surface area contributed by atoms with Gasteiger partial charge in [-0.2, -0.15) is 0 Å². The highest BCUT2D eigenvalue weighted by molar-refractivity contribution is 5.57. The van der Waals surface area contributed by atoms with Gasteiger partial charge in [0.1, 0.15) is 6.10 Å². The fraction of sp³-hybridized carbons (Fsp3) is 0.467. The molecule has 0 saturated heterocycles. The lowest BCUT2D eigenvalue weighted by Gasteiger charge is -2.06. The highest BCUT2D eigenvalue weighted by Crippen LogP contribution is 2.13. The average molecular weight is 231 g/mol. The van der Waals surface area contributed by atoms with Gasteiger partial charge in [-0.15, -0.1) is 0 Å². The topological polar surface area (TPSA) is 46.2 Å². The van der Waals surface area contributed by atoms with E-state index in [4.69, 9.17) is 5.73 Å². The Hall–Kier alpha value is -1.46. The van der Waals surface area contributed by atoms with Crippen LogP contribution in [-0.4, -0.2) is 11.2 Å². The van der Waals surface area contributed by atoms with Crippen LogP contribution in [0.15, 0.2) is 18.2 Å². The number of anilines is 1. The molecule has 0 aliphatic heterocycles. The van der Waals surface area contributed by atoms with E-state index in [0.29, 0.717) is 18.0 Å². The van der Waals surface area contributed by atoms with Gasteiger partial charge in [-0.1, -0.05) is 38.7 Å². The molecule has 0 bridgehead atoms. The molecule has 0 spiro atoms. The van der Waals surface area contributed by atoms with Crippen LogP contribution in [0.25, 0.3) is 0 Å². The highest BCUT2D eigenvalue weighted by atomic mass is 16.3. The van der Waals surface area contributed by atoms with E-state index < -0.39 is 6.10 Å². The van der Waals surface area contributed by atoms with Crippen molar-refractivity contribution in [3.8, 4) is 11.8 Å². The van der Waals surface area contributed by atoms with Gasteiger partial charge in [0.15, 0.2) is 0 Å². The number of aliphatic hydroxyl groups excluding tert-OH is 1. The molecule has 0 amide bonds. The minimum Gasteiger partial charge on any atom is -0.398 e. The van der Waals surface area contributed by atoms with Crippen LogP contribution >= 0.6 is 0 Å². The molecule has 0 aliphatic rings. The van der Waals surface area contributed by atoms with Crippen molar-refractivity contribution in [3.63, 3.8) is 0 Å². The van der Waals surface area contributed by atoms with E-state index in [1.54, 1.807) is 0 Å². The van der Waals surface area contributed by atoms with Crippen molar-refractivity contribution in [1.82, 2.24) is 0 Å². The number of hydrogen-bond donors (Lipinski definition) is 2. The number of benzene rings is 1. The molecule has 0 heterocycles. The summed E-state index contributed by atoms with van der Waals surface area (Å²) >= 11 is 0. The fourth-order valence-electron chi connectivity index (χ4n) is 1.60. The molecule has 0 saturated carbocycles. The van der Waals surface area contributed by atoms with Gasteiger partial charge in [0.05, 0.1) is 0 Å². The predicted octanol–water partition coefficient (Wildman–Crippen LogP) is 2.59. The molecule has 3 N–H and O–H groups in total. The van der Waals surface area contributed by atoms with Gasteiger partial charge in [-0.25, -0.2) is 0 Å². The number of nitrogen functional groups attached to an aromatic ring is 1. The lowest BCUT2D eigenvalue weighted by molar-refractivity contribution is 0.204. The Labute approximate surface area is 104 Å². The van der Waals surface area contributed by atoms with E-state index >= 15 is 0 Å². The molecule has 0 aromatic heterocycles. The minimum absolute atomic E-state index is 0.443. The van der Waals surface area contributed by atoms with E-state index in [2.05, 4.69) is 32.6 Å². The third-order valence-electron chi connectivity index (χ3n) is 2.59. The second-order valence-corrected chi connectivity index (χ2v) is 4.69. The molecule has 1 atom stereocenters. The molecule has 0 fully saturated rings. The Morgan fingerprint density at radius 3 is 2.65 bits per heavy atom. The van der Waals surface area contributed by atoms with Gasteiger partial charge in [0.2, 0.25) is 0 Å². The van der Waals surface area contributed by atoms with Crippen molar-refractivity contribution in [3.05, 3.63) is 29.3 Å². The van der Waals surface area contributed by atoms with Crippen molar-refractivity contribution < 1.29 is 5.11 Å². The molecular weight excluding hydrogens is 210 g/mol. The molecule has 2 heteroatoms.